The van der Waals surface area contributed by atoms with E-state index in [0.29, 0.717) is 22.5 Å². The van der Waals surface area contributed by atoms with E-state index in [2.05, 4.69) is 8.75 Å². The molecule has 0 N–H and O–H groups in total. The number of sulfonamides is 1. The number of nitrogens with zero attached hydrogens (tertiary/aromatic N) is 5. The lowest BCUT2D eigenvalue weighted by Gasteiger charge is -2.37. The molecule has 3 heterocycles. The van der Waals surface area contributed by atoms with Crippen LogP contribution in [0.1, 0.15) is 6.92 Å². The largest absolute Gasteiger partial charge is 0.479 e. The second-order valence-electron chi connectivity index (χ2n) is 7.83. The number of hydrogen-bond donors (Lipinski definition) is 0. The van der Waals surface area contributed by atoms with Gasteiger partial charge in [-0.05, 0) is 31.2 Å². The first kappa shape index (κ1) is 21.7. The highest BCUT2D eigenvalue weighted by Gasteiger charge is 2.36. The zero-order chi connectivity index (χ0) is 23.2. The zero-order valence-electron chi connectivity index (χ0n) is 17.7. The summed E-state index contributed by atoms with van der Waals surface area (Å²) in [7, 11) is -3.77. The maximum absolute atomic E-state index is 13.2. The first-order valence-electron chi connectivity index (χ1n) is 10.4. The van der Waals surface area contributed by atoms with Crippen LogP contribution < -0.4 is 9.64 Å². The van der Waals surface area contributed by atoms with E-state index in [-0.39, 0.29) is 49.4 Å². The van der Waals surface area contributed by atoms with Crippen molar-refractivity contribution in [1.82, 2.24) is 18.0 Å². The lowest BCUT2D eigenvalue weighted by Crippen LogP contribution is -2.54. The molecule has 3 aromatic rings. The Hall–Kier alpha value is -3.09. The SMILES string of the molecule is CC1Oc2ccccc2N(CC(=O)N2CCN(S(=O)(=O)c3cccc4nsnc34)CC2)C1=O. The minimum Gasteiger partial charge on any atom is -0.479 e. The molecule has 1 atom stereocenters. The van der Waals surface area contributed by atoms with E-state index < -0.39 is 16.1 Å². The molecular formula is C21H21N5O5S2. The van der Waals surface area contributed by atoms with Gasteiger partial charge in [-0.3, -0.25) is 14.5 Å². The van der Waals surface area contributed by atoms with Crippen LogP contribution in [0.5, 0.6) is 5.75 Å². The van der Waals surface area contributed by atoms with E-state index in [0.717, 1.165) is 11.7 Å². The van der Waals surface area contributed by atoms with E-state index in [1.54, 1.807) is 42.2 Å². The summed E-state index contributed by atoms with van der Waals surface area (Å²) in [5.41, 5.74) is 1.46. The number of piperazine rings is 1. The van der Waals surface area contributed by atoms with Crippen LogP contribution in [0.4, 0.5) is 5.69 Å². The maximum Gasteiger partial charge on any atom is 0.268 e. The van der Waals surface area contributed by atoms with Gasteiger partial charge in [-0.2, -0.15) is 13.1 Å². The number of benzene rings is 2. The fourth-order valence-corrected chi connectivity index (χ4v) is 6.24. The molecule has 1 saturated heterocycles. The Morgan fingerprint density at radius 1 is 1.09 bits per heavy atom. The summed E-state index contributed by atoms with van der Waals surface area (Å²) in [6, 6.07) is 12.0. The highest BCUT2D eigenvalue weighted by molar-refractivity contribution is 7.89. The van der Waals surface area contributed by atoms with Gasteiger partial charge in [-0.25, -0.2) is 8.42 Å². The number of ether oxygens (including phenoxy) is 1. The smallest absolute Gasteiger partial charge is 0.268 e. The van der Waals surface area contributed by atoms with Crippen molar-refractivity contribution in [3.8, 4) is 5.75 Å². The molecule has 0 bridgehead atoms. The van der Waals surface area contributed by atoms with Gasteiger partial charge in [0.15, 0.2) is 6.10 Å². The van der Waals surface area contributed by atoms with Crippen molar-refractivity contribution in [2.24, 2.45) is 0 Å². The van der Waals surface area contributed by atoms with Gasteiger partial charge in [-0.15, -0.1) is 0 Å². The van der Waals surface area contributed by atoms with Gasteiger partial charge in [0.25, 0.3) is 5.91 Å². The Kier molecular flexibility index (Phi) is 5.51. The molecular weight excluding hydrogens is 466 g/mol. The number of anilines is 1. The van der Waals surface area contributed by atoms with Crippen molar-refractivity contribution < 1.29 is 22.7 Å². The molecule has 5 rings (SSSR count). The molecule has 172 valence electrons. The molecule has 2 aliphatic rings. The summed E-state index contributed by atoms with van der Waals surface area (Å²) >= 11 is 0.969. The summed E-state index contributed by atoms with van der Waals surface area (Å²) < 4.78 is 41.6. The van der Waals surface area contributed by atoms with Crippen LogP contribution in [-0.4, -0.2) is 77.0 Å². The van der Waals surface area contributed by atoms with Crippen LogP contribution in [0.15, 0.2) is 47.4 Å². The number of aromatic nitrogens is 2. The van der Waals surface area contributed by atoms with Crippen LogP contribution in [0, 0.1) is 0 Å². The van der Waals surface area contributed by atoms with Gasteiger partial charge in [0.2, 0.25) is 15.9 Å². The number of rotatable bonds is 4. The Morgan fingerprint density at radius 2 is 1.85 bits per heavy atom. The third-order valence-electron chi connectivity index (χ3n) is 5.83. The van der Waals surface area contributed by atoms with Crippen molar-refractivity contribution in [3.05, 3.63) is 42.5 Å². The van der Waals surface area contributed by atoms with Crippen molar-refractivity contribution >= 4 is 50.3 Å². The Balaban J connectivity index is 1.28. The first-order valence-corrected chi connectivity index (χ1v) is 12.6. The predicted octanol–water partition coefficient (Wildman–Crippen LogP) is 1.34. The lowest BCUT2D eigenvalue weighted by atomic mass is 10.2. The monoisotopic (exact) mass is 487 g/mol. The molecule has 1 fully saturated rings. The molecule has 1 aromatic heterocycles. The van der Waals surface area contributed by atoms with Gasteiger partial charge in [0, 0.05) is 26.2 Å². The number of hydrogen-bond acceptors (Lipinski definition) is 8. The summed E-state index contributed by atoms with van der Waals surface area (Å²) in [6.45, 7) is 2.31. The molecule has 0 radical (unpaired) electrons. The van der Waals surface area contributed by atoms with E-state index in [4.69, 9.17) is 4.74 Å². The van der Waals surface area contributed by atoms with Crippen LogP contribution in [0.3, 0.4) is 0 Å². The molecule has 1 unspecified atom stereocenters. The van der Waals surface area contributed by atoms with Crippen molar-refractivity contribution in [3.63, 3.8) is 0 Å². The fraction of sp³-hybridized carbons (Fsp3) is 0.333. The standard InChI is InChI=1S/C21H21N5O5S2/c1-14-21(28)26(16-6-2-3-7-17(16)31-14)13-19(27)24-9-11-25(12-10-24)33(29,30)18-8-4-5-15-20(18)23-32-22-15/h2-8,14H,9-13H2,1H3. The van der Waals surface area contributed by atoms with Gasteiger partial charge < -0.3 is 9.64 Å². The number of amides is 2. The maximum atomic E-state index is 13.2. The van der Waals surface area contributed by atoms with E-state index in [9.17, 15) is 18.0 Å². The highest BCUT2D eigenvalue weighted by Crippen LogP contribution is 2.33. The first-order chi connectivity index (χ1) is 15.9. The topological polar surface area (TPSA) is 113 Å². The second kappa shape index (κ2) is 8.36. The molecule has 33 heavy (non-hydrogen) atoms. The predicted molar refractivity (Wildman–Crippen MR) is 122 cm³/mol. The Labute approximate surface area is 194 Å². The second-order valence-corrected chi connectivity index (χ2v) is 10.3. The summed E-state index contributed by atoms with van der Waals surface area (Å²) in [5, 5.41) is 0. The van der Waals surface area contributed by atoms with Gasteiger partial charge in [0.05, 0.1) is 17.4 Å². The molecule has 2 aromatic carbocycles. The summed E-state index contributed by atoms with van der Waals surface area (Å²) in [5.74, 6) is 0.0300. The third kappa shape index (κ3) is 3.83. The van der Waals surface area contributed by atoms with Crippen LogP contribution in [0.2, 0.25) is 0 Å². The van der Waals surface area contributed by atoms with E-state index >= 15 is 0 Å². The summed E-state index contributed by atoms with van der Waals surface area (Å²) in [6.07, 6.45) is -0.683. The molecule has 10 nitrogen and oxygen atoms in total. The van der Waals surface area contributed by atoms with Crippen LogP contribution in [0.25, 0.3) is 11.0 Å². The highest BCUT2D eigenvalue weighted by atomic mass is 32.2. The Morgan fingerprint density at radius 3 is 2.64 bits per heavy atom. The minimum absolute atomic E-state index is 0.123. The average Bonchev–Trinajstić information content (AvgIpc) is 3.31. The number of carbonyl (C=O) groups is 2. The molecule has 0 aliphatic carbocycles. The van der Waals surface area contributed by atoms with E-state index in [1.807, 2.05) is 6.07 Å². The normalized spacial score (nSPS) is 19.4. The van der Waals surface area contributed by atoms with Gasteiger partial charge in [-0.1, -0.05) is 18.2 Å². The molecule has 12 heteroatoms. The van der Waals surface area contributed by atoms with E-state index in [1.165, 1.54) is 15.3 Å². The zero-order valence-corrected chi connectivity index (χ0v) is 19.4. The quantitative estimate of drug-likeness (QED) is 0.546. The number of carbonyl (C=O) groups excluding carboxylic acids is 2. The molecule has 2 aliphatic heterocycles. The van der Waals surface area contributed by atoms with Gasteiger partial charge >= 0.3 is 0 Å². The Bertz CT molecular complexity index is 1330. The molecule has 0 saturated carbocycles. The third-order valence-corrected chi connectivity index (χ3v) is 8.30. The number of para-hydroxylation sites is 2. The lowest BCUT2D eigenvalue weighted by molar-refractivity contribution is -0.134. The van der Waals surface area contributed by atoms with Crippen molar-refractivity contribution in [2.75, 3.05) is 37.6 Å². The summed E-state index contributed by atoms with van der Waals surface area (Å²) in [4.78, 5) is 28.8. The van der Waals surface area contributed by atoms with Crippen molar-refractivity contribution in [1.29, 1.82) is 0 Å². The van der Waals surface area contributed by atoms with Crippen LogP contribution in [-0.2, 0) is 19.6 Å². The van der Waals surface area contributed by atoms with Crippen LogP contribution >= 0.6 is 11.7 Å². The van der Waals surface area contributed by atoms with Gasteiger partial charge in [0.1, 0.15) is 28.2 Å². The fourth-order valence-electron chi connectivity index (χ4n) is 4.06. The van der Waals surface area contributed by atoms with Crippen molar-refractivity contribution in [2.45, 2.75) is 17.9 Å². The molecule has 0 spiro atoms. The average molecular weight is 488 g/mol. The number of fused-ring (bicyclic) bond motifs is 2. The molecule has 2 amide bonds. The minimum atomic E-state index is -3.77.